The largest absolute Gasteiger partial charge is 0.394 e. The summed E-state index contributed by atoms with van der Waals surface area (Å²) >= 11 is 0. The zero-order valence-electron chi connectivity index (χ0n) is 35.0. The zero-order valence-corrected chi connectivity index (χ0v) is 35.0. The molecule has 30 atom stereocenters. The standard InChI is InChI=1S/C36H62O31/c37-1-7-13(41)19(47)22(50)32(60-7)57-5-11-17(45)28(25(53)31(56)59-11)65-35-26(54)29(16(44)10(4-40)63-35)67-36-27(55)30(66-34-24(52)21(49)15(43)9(3-39)62-34)18(46)12(64-36)6-58-33-23(51)20(48)14(42)8(2-38)61-33/h7-56H,1-6H2/t7-,8-,9-,10-,11-,12-,13-,14+,15+,16-,17-,18-,19+,20+,21+,22+,23-,24-,25-,26-,27-,28+,29+,30+,31-,32+,33-,34+,35+,36-/m1/s1. The van der Waals surface area contributed by atoms with Crippen LogP contribution in [-0.2, 0) is 52.1 Å². The summed E-state index contributed by atoms with van der Waals surface area (Å²) in [5, 5.41) is 210. The van der Waals surface area contributed by atoms with Crippen molar-refractivity contribution in [1.29, 1.82) is 0 Å². The lowest BCUT2D eigenvalue weighted by Crippen LogP contribution is -2.68. The molecule has 6 rings (SSSR count). The van der Waals surface area contributed by atoms with Crippen LogP contribution in [0.1, 0.15) is 0 Å². The summed E-state index contributed by atoms with van der Waals surface area (Å²) in [4.78, 5) is 0. The predicted octanol–water partition coefficient (Wildman–Crippen LogP) is -14.1. The lowest BCUT2D eigenvalue weighted by Gasteiger charge is -2.49. The van der Waals surface area contributed by atoms with Crippen molar-refractivity contribution in [1.82, 2.24) is 0 Å². The first kappa shape index (κ1) is 55.1. The molecule has 6 aliphatic heterocycles. The minimum absolute atomic E-state index is 0.790. The maximum Gasteiger partial charge on any atom is 0.187 e. The van der Waals surface area contributed by atoms with Crippen LogP contribution in [0.2, 0.25) is 0 Å². The molecule has 0 radical (unpaired) electrons. The molecule has 0 aromatic rings. The van der Waals surface area contributed by atoms with Crippen LogP contribution in [0.4, 0.5) is 0 Å². The Morgan fingerprint density at radius 1 is 0.254 bits per heavy atom. The summed E-state index contributed by atoms with van der Waals surface area (Å²) in [6, 6.07) is 0. The molecular formula is C36H62O31. The second kappa shape index (κ2) is 23.5. The van der Waals surface area contributed by atoms with E-state index in [1.807, 2.05) is 0 Å². The van der Waals surface area contributed by atoms with E-state index in [-0.39, 0.29) is 0 Å². The molecule has 20 N–H and O–H groups in total. The normalized spacial score (nSPS) is 53.4. The van der Waals surface area contributed by atoms with Gasteiger partial charge in [-0.3, -0.25) is 0 Å². The van der Waals surface area contributed by atoms with E-state index in [1.165, 1.54) is 0 Å². The monoisotopic (exact) mass is 990 g/mol. The molecule has 31 heteroatoms. The third-order valence-electron chi connectivity index (χ3n) is 12.4. The van der Waals surface area contributed by atoms with Crippen molar-refractivity contribution in [3.8, 4) is 0 Å². The first-order chi connectivity index (χ1) is 31.7. The fourth-order valence-electron chi connectivity index (χ4n) is 8.29. The van der Waals surface area contributed by atoms with Crippen LogP contribution in [0, 0.1) is 0 Å². The van der Waals surface area contributed by atoms with Crippen molar-refractivity contribution < 1.29 is 154 Å². The van der Waals surface area contributed by atoms with Crippen LogP contribution in [0.25, 0.3) is 0 Å². The highest BCUT2D eigenvalue weighted by atomic mass is 16.8. The van der Waals surface area contributed by atoms with E-state index in [0.29, 0.717) is 0 Å². The van der Waals surface area contributed by atoms with Crippen molar-refractivity contribution >= 4 is 0 Å². The Balaban J connectivity index is 1.20. The Kier molecular flexibility index (Phi) is 19.4. The smallest absolute Gasteiger partial charge is 0.187 e. The van der Waals surface area contributed by atoms with Crippen LogP contribution in [-0.4, -0.2) is 326 Å². The van der Waals surface area contributed by atoms with Crippen molar-refractivity contribution in [2.75, 3.05) is 39.6 Å². The second-order valence-corrected chi connectivity index (χ2v) is 16.8. The van der Waals surface area contributed by atoms with Gasteiger partial charge in [0.2, 0.25) is 0 Å². The lowest BCUT2D eigenvalue weighted by molar-refractivity contribution is -0.393. The molecule has 0 bridgehead atoms. The van der Waals surface area contributed by atoms with Gasteiger partial charge in [0.1, 0.15) is 146 Å². The van der Waals surface area contributed by atoms with Gasteiger partial charge in [0, 0.05) is 0 Å². The highest BCUT2D eigenvalue weighted by molar-refractivity contribution is 4.99. The van der Waals surface area contributed by atoms with E-state index < -0.39 is 224 Å². The van der Waals surface area contributed by atoms with Gasteiger partial charge in [-0.2, -0.15) is 0 Å². The Labute approximate surface area is 378 Å². The molecule has 0 amide bonds. The van der Waals surface area contributed by atoms with Crippen molar-refractivity contribution in [2.24, 2.45) is 0 Å². The maximum atomic E-state index is 11.6. The van der Waals surface area contributed by atoms with E-state index in [9.17, 15) is 102 Å². The Bertz CT molecular complexity index is 1500. The molecule has 392 valence electrons. The average molecular weight is 991 g/mol. The third kappa shape index (κ3) is 11.5. The summed E-state index contributed by atoms with van der Waals surface area (Å²) in [7, 11) is 0. The molecule has 6 aliphatic rings. The Hall–Kier alpha value is -1.24. The molecule has 67 heavy (non-hydrogen) atoms. The number of ether oxygens (including phenoxy) is 11. The van der Waals surface area contributed by atoms with Gasteiger partial charge in [0.25, 0.3) is 0 Å². The molecule has 6 fully saturated rings. The van der Waals surface area contributed by atoms with Crippen LogP contribution in [0.5, 0.6) is 0 Å². The molecule has 6 saturated heterocycles. The highest BCUT2D eigenvalue weighted by Gasteiger charge is 2.56. The molecule has 0 unspecified atom stereocenters. The van der Waals surface area contributed by atoms with Gasteiger partial charge in [0.15, 0.2) is 37.7 Å². The zero-order chi connectivity index (χ0) is 49.3. The number of hydrogen-bond acceptors (Lipinski definition) is 31. The summed E-state index contributed by atoms with van der Waals surface area (Å²) < 4.78 is 60.5. The van der Waals surface area contributed by atoms with Crippen LogP contribution in [0.15, 0.2) is 0 Å². The summed E-state index contributed by atoms with van der Waals surface area (Å²) in [5.41, 5.74) is 0. The lowest BCUT2D eigenvalue weighted by atomic mass is 9.95. The maximum absolute atomic E-state index is 11.6. The van der Waals surface area contributed by atoms with Gasteiger partial charge < -0.3 is 154 Å². The summed E-state index contributed by atoms with van der Waals surface area (Å²) in [6.45, 7) is -5.31. The van der Waals surface area contributed by atoms with Crippen LogP contribution >= 0.6 is 0 Å². The summed E-state index contributed by atoms with van der Waals surface area (Å²) in [6.07, 6.45) is -57.8. The fourth-order valence-corrected chi connectivity index (χ4v) is 8.29. The van der Waals surface area contributed by atoms with Gasteiger partial charge >= 0.3 is 0 Å². The molecule has 0 aliphatic carbocycles. The van der Waals surface area contributed by atoms with Gasteiger partial charge in [-0.25, -0.2) is 0 Å². The first-order valence-corrected chi connectivity index (χ1v) is 21.1. The van der Waals surface area contributed by atoms with E-state index in [1.54, 1.807) is 0 Å². The summed E-state index contributed by atoms with van der Waals surface area (Å²) in [5.74, 6) is 0. The molecule has 0 aromatic carbocycles. The quantitative estimate of drug-likeness (QED) is 0.0683. The topological polar surface area (TPSA) is 506 Å². The molecule has 31 nitrogen and oxygen atoms in total. The molecule has 0 saturated carbocycles. The number of aliphatic hydroxyl groups is 20. The van der Waals surface area contributed by atoms with E-state index in [2.05, 4.69) is 0 Å². The Morgan fingerprint density at radius 3 is 0.896 bits per heavy atom. The molecular weight excluding hydrogens is 928 g/mol. The predicted molar refractivity (Wildman–Crippen MR) is 199 cm³/mol. The van der Waals surface area contributed by atoms with Gasteiger partial charge in [0.05, 0.1) is 39.6 Å². The molecule has 6 heterocycles. The third-order valence-corrected chi connectivity index (χ3v) is 12.4. The molecule has 0 aromatic heterocycles. The van der Waals surface area contributed by atoms with Gasteiger partial charge in [-0.1, -0.05) is 0 Å². The van der Waals surface area contributed by atoms with Crippen molar-refractivity contribution in [3.05, 3.63) is 0 Å². The minimum Gasteiger partial charge on any atom is -0.394 e. The highest BCUT2D eigenvalue weighted by Crippen LogP contribution is 2.35. The SMILES string of the molecule is OC[C@H]1O[C@@H](OC[C@H]2O[C@H](O[C@@H]3[C@@H](O)[C@H](O[C@@H]4[C@@H](O)[C@H](O)O[C@H](CO[C@H]5O[C@H](CO)[C@@H](O)[C@H](O)[C@@H]5O)[C@H]4O)O[C@H](CO)[C@H]3O)[C@H](O)[C@@H](O[C@@H]3O[C@H](CO)[C@H](O)[C@H](O)[C@H]3O)[C@@H]2O)[C@H](O)[C@@H](O)[C@H]1O. The van der Waals surface area contributed by atoms with Crippen LogP contribution in [0.3, 0.4) is 0 Å². The Morgan fingerprint density at radius 2 is 0.522 bits per heavy atom. The average Bonchev–Trinajstić information content (AvgIpc) is 3.31. The number of aliphatic hydroxyl groups excluding tert-OH is 20. The fraction of sp³-hybridized carbons (Fsp3) is 1.00. The van der Waals surface area contributed by atoms with Gasteiger partial charge in [-0.05, 0) is 0 Å². The van der Waals surface area contributed by atoms with E-state index in [4.69, 9.17) is 52.1 Å². The van der Waals surface area contributed by atoms with Crippen molar-refractivity contribution in [2.45, 2.75) is 184 Å². The van der Waals surface area contributed by atoms with Crippen LogP contribution < -0.4 is 0 Å². The van der Waals surface area contributed by atoms with Crippen molar-refractivity contribution in [3.63, 3.8) is 0 Å². The second-order valence-electron chi connectivity index (χ2n) is 16.8. The molecule has 0 spiro atoms. The number of hydrogen-bond donors (Lipinski definition) is 20. The van der Waals surface area contributed by atoms with Gasteiger partial charge in [-0.15, -0.1) is 0 Å². The van der Waals surface area contributed by atoms with E-state index >= 15 is 0 Å². The first-order valence-electron chi connectivity index (χ1n) is 21.1. The van der Waals surface area contributed by atoms with E-state index in [0.717, 1.165) is 0 Å². The minimum atomic E-state index is -2.27. The number of rotatable bonds is 16.